The first-order valence-electron chi connectivity index (χ1n) is 9.91. The Morgan fingerprint density at radius 2 is 2.23 bits per heavy atom. The van der Waals surface area contributed by atoms with Crippen LogP contribution < -0.4 is 15.4 Å². The van der Waals surface area contributed by atoms with Crippen LogP contribution in [0.5, 0.6) is 5.75 Å². The number of aliphatic imine (C=N–C) groups is 1. The summed E-state index contributed by atoms with van der Waals surface area (Å²) in [5.74, 6) is 1.99. The maximum atomic E-state index is 5.58. The summed E-state index contributed by atoms with van der Waals surface area (Å²) < 4.78 is 5.58. The van der Waals surface area contributed by atoms with Gasteiger partial charge in [-0.3, -0.25) is 9.89 Å². The lowest BCUT2D eigenvalue weighted by atomic mass is 10.1. The predicted octanol–water partition coefficient (Wildman–Crippen LogP) is 2.37. The zero-order valence-corrected chi connectivity index (χ0v) is 16.0. The third-order valence-corrected chi connectivity index (χ3v) is 5.08. The summed E-state index contributed by atoms with van der Waals surface area (Å²) in [4.78, 5) is 7.24. The highest BCUT2D eigenvalue weighted by atomic mass is 16.5. The Labute approximate surface area is 157 Å². The van der Waals surface area contributed by atoms with Crippen molar-refractivity contribution in [2.24, 2.45) is 4.99 Å². The molecule has 3 rings (SSSR count). The van der Waals surface area contributed by atoms with Gasteiger partial charge in [-0.15, -0.1) is 6.58 Å². The molecule has 0 bridgehead atoms. The van der Waals surface area contributed by atoms with Crippen molar-refractivity contribution in [1.29, 1.82) is 0 Å². The monoisotopic (exact) mass is 356 g/mol. The fourth-order valence-electron chi connectivity index (χ4n) is 3.65. The summed E-state index contributed by atoms with van der Waals surface area (Å²) in [7, 11) is 0. The topological polar surface area (TPSA) is 48.9 Å². The zero-order valence-electron chi connectivity index (χ0n) is 16.0. The SMILES string of the molecule is C=CCN1CCC(NC(=NCCc2ccc3c(c2)CCO3)NCC)CC1. The summed E-state index contributed by atoms with van der Waals surface area (Å²) in [6, 6.07) is 7.04. The van der Waals surface area contributed by atoms with E-state index in [1.165, 1.54) is 11.1 Å². The molecule has 1 aromatic carbocycles. The Bertz CT molecular complexity index is 620. The number of rotatable bonds is 7. The quantitative estimate of drug-likeness (QED) is 0.447. The van der Waals surface area contributed by atoms with Crippen LogP contribution in [0.1, 0.15) is 30.9 Å². The summed E-state index contributed by atoms with van der Waals surface area (Å²) >= 11 is 0. The summed E-state index contributed by atoms with van der Waals surface area (Å²) in [6.07, 6.45) is 6.29. The minimum Gasteiger partial charge on any atom is -0.493 e. The highest BCUT2D eigenvalue weighted by molar-refractivity contribution is 5.80. The van der Waals surface area contributed by atoms with Crippen molar-refractivity contribution in [1.82, 2.24) is 15.5 Å². The number of piperidine rings is 1. The molecule has 0 unspecified atom stereocenters. The van der Waals surface area contributed by atoms with Gasteiger partial charge in [-0.25, -0.2) is 0 Å². The molecule has 1 fully saturated rings. The Kier molecular flexibility index (Phi) is 6.95. The van der Waals surface area contributed by atoms with Gasteiger partial charge in [-0.2, -0.15) is 0 Å². The molecule has 1 aromatic rings. The predicted molar refractivity (Wildman–Crippen MR) is 108 cm³/mol. The van der Waals surface area contributed by atoms with E-state index < -0.39 is 0 Å². The largest absolute Gasteiger partial charge is 0.493 e. The molecule has 2 aliphatic heterocycles. The Morgan fingerprint density at radius 1 is 1.38 bits per heavy atom. The van der Waals surface area contributed by atoms with Crippen LogP contribution in [0.3, 0.4) is 0 Å². The van der Waals surface area contributed by atoms with Crippen LogP contribution in [0.2, 0.25) is 0 Å². The van der Waals surface area contributed by atoms with Crippen molar-refractivity contribution in [3.63, 3.8) is 0 Å². The van der Waals surface area contributed by atoms with Crippen molar-refractivity contribution in [2.75, 3.05) is 39.3 Å². The average Bonchev–Trinajstić information content (AvgIpc) is 3.11. The van der Waals surface area contributed by atoms with E-state index >= 15 is 0 Å². The molecule has 0 amide bonds. The third-order valence-electron chi connectivity index (χ3n) is 5.08. The van der Waals surface area contributed by atoms with Gasteiger partial charge in [0.1, 0.15) is 5.75 Å². The van der Waals surface area contributed by atoms with Gasteiger partial charge in [0.2, 0.25) is 0 Å². The van der Waals surface area contributed by atoms with Crippen molar-refractivity contribution in [2.45, 2.75) is 38.6 Å². The molecule has 0 saturated carbocycles. The second kappa shape index (κ2) is 9.62. The van der Waals surface area contributed by atoms with E-state index in [0.717, 1.165) is 76.7 Å². The molecule has 142 valence electrons. The Hall–Kier alpha value is -2.01. The minimum atomic E-state index is 0.506. The molecule has 2 N–H and O–H groups in total. The molecule has 0 radical (unpaired) electrons. The highest BCUT2D eigenvalue weighted by Gasteiger charge is 2.19. The Morgan fingerprint density at radius 3 is 3.00 bits per heavy atom. The van der Waals surface area contributed by atoms with Crippen molar-refractivity contribution < 1.29 is 4.74 Å². The molecule has 0 aromatic heterocycles. The summed E-state index contributed by atoms with van der Waals surface area (Å²) in [6.45, 7) is 11.7. The van der Waals surface area contributed by atoms with Crippen LogP contribution >= 0.6 is 0 Å². The van der Waals surface area contributed by atoms with Gasteiger partial charge in [0.05, 0.1) is 6.61 Å². The number of nitrogens with one attached hydrogen (secondary N) is 2. The van der Waals surface area contributed by atoms with Crippen molar-refractivity contribution >= 4 is 5.96 Å². The first kappa shape index (κ1) is 18.8. The van der Waals surface area contributed by atoms with Gasteiger partial charge in [-0.05, 0) is 43.4 Å². The minimum absolute atomic E-state index is 0.506. The summed E-state index contributed by atoms with van der Waals surface area (Å²) in [5.41, 5.74) is 2.68. The van der Waals surface area contributed by atoms with E-state index in [1.807, 2.05) is 6.08 Å². The first-order valence-corrected chi connectivity index (χ1v) is 9.91. The van der Waals surface area contributed by atoms with Crippen LogP contribution in [0.25, 0.3) is 0 Å². The Balaban J connectivity index is 1.48. The second-order valence-corrected chi connectivity index (χ2v) is 7.06. The smallest absolute Gasteiger partial charge is 0.191 e. The third kappa shape index (κ3) is 5.24. The number of benzene rings is 1. The summed E-state index contributed by atoms with van der Waals surface area (Å²) in [5, 5.41) is 7.00. The molecular formula is C21H32N4O. The molecule has 26 heavy (non-hydrogen) atoms. The lowest BCUT2D eigenvalue weighted by Crippen LogP contribution is -2.48. The molecule has 5 nitrogen and oxygen atoms in total. The fraction of sp³-hybridized carbons (Fsp3) is 0.571. The lowest BCUT2D eigenvalue weighted by molar-refractivity contribution is 0.225. The average molecular weight is 357 g/mol. The number of hydrogen-bond donors (Lipinski definition) is 2. The number of ether oxygens (including phenoxy) is 1. The normalized spacial score (nSPS) is 18.3. The van der Waals surface area contributed by atoms with Crippen LogP contribution in [-0.2, 0) is 12.8 Å². The van der Waals surface area contributed by atoms with E-state index in [4.69, 9.17) is 9.73 Å². The maximum absolute atomic E-state index is 5.58. The number of nitrogens with zero attached hydrogens (tertiary/aromatic N) is 2. The maximum Gasteiger partial charge on any atom is 0.191 e. The molecular weight excluding hydrogens is 324 g/mol. The van der Waals surface area contributed by atoms with Crippen molar-refractivity contribution in [3.05, 3.63) is 42.0 Å². The highest BCUT2D eigenvalue weighted by Crippen LogP contribution is 2.25. The number of likely N-dealkylation sites (tertiary alicyclic amines) is 1. The van der Waals surface area contributed by atoms with E-state index in [9.17, 15) is 0 Å². The number of hydrogen-bond acceptors (Lipinski definition) is 3. The molecule has 0 aliphatic carbocycles. The standard InChI is InChI=1S/C21H32N4O/c1-3-12-25-13-8-19(9-14-25)24-21(22-4-2)23-11-7-17-5-6-20-18(16-17)10-15-26-20/h3,5-6,16,19H,1,4,7-15H2,2H3,(H2,22,23,24). The van der Waals surface area contributed by atoms with Gasteiger partial charge in [0.25, 0.3) is 0 Å². The van der Waals surface area contributed by atoms with Crippen LogP contribution in [0.15, 0.2) is 35.8 Å². The van der Waals surface area contributed by atoms with Gasteiger partial charge < -0.3 is 15.4 Å². The van der Waals surface area contributed by atoms with Gasteiger partial charge in [0.15, 0.2) is 5.96 Å². The van der Waals surface area contributed by atoms with Crippen molar-refractivity contribution in [3.8, 4) is 5.75 Å². The molecule has 1 saturated heterocycles. The van der Waals surface area contributed by atoms with E-state index in [0.29, 0.717) is 6.04 Å². The molecule has 2 aliphatic rings. The van der Waals surface area contributed by atoms with Gasteiger partial charge >= 0.3 is 0 Å². The van der Waals surface area contributed by atoms with E-state index in [-0.39, 0.29) is 0 Å². The van der Waals surface area contributed by atoms with Gasteiger partial charge in [-0.1, -0.05) is 18.2 Å². The van der Waals surface area contributed by atoms with E-state index in [2.05, 4.69) is 47.2 Å². The van der Waals surface area contributed by atoms with Crippen LogP contribution in [0, 0.1) is 0 Å². The fourth-order valence-corrected chi connectivity index (χ4v) is 3.65. The van der Waals surface area contributed by atoms with E-state index in [1.54, 1.807) is 0 Å². The lowest BCUT2D eigenvalue weighted by Gasteiger charge is -2.32. The molecule has 5 heteroatoms. The zero-order chi connectivity index (χ0) is 18.2. The molecule has 0 atom stereocenters. The van der Waals surface area contributed by atoms with Gasteiger partial charge in [0, 0.05) is 45.2 Å². The van der Waals surface area contributed by atoms with Crippen LogP contribution in [-0.4, -0.2) is 56.2 Å². The molecule has 2 heterocycles. The first-order chi connectivity index (χ1) is 12.8. The molecule has 0 spiro atoms. The second-order valence-electron chi connectivity index (χ2n) is 7.06. The number of guanidine groups is 1. The van der Waals surface area contributed by atoms with Crippen LogP contribution in [0.4, 0.5) is 0 Å². The number of fused-ring (bicyclic) bond motifs is 1.